The van der Waals surface area contributed by atoms with E-state index in [1.807, 2.05) is 0 Å². The SMILES string of the molecule is CC1C=CC=C(OC2=CCCCC2)C1. The van der Waals surface area contributed by atoms with E-state index >= 15 is 0 Å². The lowest BCUT2D eigenvalue weighted by atomic mass is 10.0. The Morgan fingerprint density at radius 1 is 1.29 bits per heavy atom. The Morgan fingerprint density at radius 2 is 2.21 bits per heavy atom. The van der Waals surface area contributed by atoms with Gasteiger partial charge in [0.05, 0.1) is 5.76 Å². The van der Waals surface area contributed by atoms with E-state index in [1.54, 1.807) is 0 Å². The first-order chi connectivity index (χ1) is 6.84. The van der Waals surface area contributed by atoms with Gasteiger partial charge in [0.25, 0.3) is 0 Å². The predicted molar refractivity (Wildman–Crippen MR) is 58.6 cm³/mol. The Labute approximate surface area is 86.2 Å². The summed E-state index contributed by atoms with van der Waals surface area (Å²) in [6, 6.07) is 0. The van der Waals surface area contributed by atoms with Crippen LogP contribution >= 0.6 is 0 Å². The molecule has 1 atom stereocenters. The first kappa shape index (κ1) is 9.57. The highest BCUT2D eigenvalue weighted by Crippen LogP contribution is 2.25. The van der Waals surface area contributed by atoms with E-state index in [1.165, 1.54) is 25.0 Å². The molecule has 0 aromatic heterocycles. The van der Waals surface area contributed by atoms with Crippen molar-refractivity contribution in [3.8, 4) is 0 Å². The average Bonchev–Trinajstić information content (AvgIpc) is 2.19. The summed E-state index contributed by atoms with van der Waals surface area (Å²) in [5, 5.41) is 0. The quantitative estimate of drug-likeness (QED) is 0.640. The van der Waals surface area contributed by atoms with E-state index in [0.717, 1.165) is 18.6 Å². The zero-order chi connectivity index (χ0) is 9.80. The number of rotatable bonds is 2. The highest BCUT2D eigenvalue weighted by atomic mass is 16.5. The second-order valence-corrected chi connectivity index (χ2v) is 4.22. The maximum Gasteiger partial charge on any atom is 0.104 e. The third-order valence-corrected chi connectivity index (χ3v) is 2.76. The third-order valence-electron chi connectivity index (χ3n) is 2.76. The second kappa shape index (κ2) is 4.50. The topological polar surface area (TPSA) is 9.23 Å². The monoisotopic (exact) mass is 190 g/mol. The zero-order valence-corrected chi connectivity index (χ0v) is 8.83. The average molecular weight is 190 g/mol. The van der Waals surface area contributed by atoms with Crippen LogP contribution in [-0.2, 0) is 4.74 Å². The van der Waals surface area contributed by atoms with Crippen molar-refractivity contribution >= 4 is 0 Å². The minimum absolute atomic E-state index is 0.624. The van der Waals surface area contributed by atoms with E-state index in [4.69, 9.17) is 4.74 Å². The number of ether oxygens (including phenoxy) is 1. The lowest BCUT2D eigenvalue weighted by molar-refractivity contribution is 0.258. The summed E-state index contributed by atoms with van der Waals surface area (Å²) >= 11 is 0. The largest absolute Gasteiger partial charge is 0.466 e. The molecule has 1 nitrogen and oxygen atoms in total. The molecular weight excluding hydrogens is 172 g/mol. The maximum absolute atomic E-state index is 5.87. The van der Waals surface area contributed by atoms with Crippen molar-refractivity contribution in [3.05, 3.63) is 35.8 Å². The summed E-state index contributed by atoms with van der Waals surface area (Å²) in [6.45, 7) is 2.22. The van der Waals surface area contributed by atoms with Crippen molar-refractivity contribution < 1.29 is 4.74 Å². The molecule has 0 bridgehead atoms. The minimum atomic E-state index is 0.624. The summed E-state index contributed by atoms with van der Waals surface area (Å²) in [4.78, 5) is 0. The normalized spacial score (nSPS) is 26.8. The van der Waals surface area contributed by atoms with Crippen LogP contribution in [0.2, 0.25) is 0 Å². The lowest BCUT2D eigenvalue weighted by Gasteiger charge is -2.19. The van der Waals surface area contributed by atoms with Gasteiger partial charge in [-0.05, 0) is 37.3 Å². The van der Waals surface area contributed by atoms with Gasteiger partial charge in [-0.2, -0.15) is 0 Å². The number of allylic oxidation sites excluding steroid dienone is 6. The Morgan fingerprint density at radius 3 is 2.93 bits per heavy atom. The summed E-state index contributed by atoms with van der Waals surface area (Å²) in [5.74, 6) is 2.94. The van der Waals surface area contributed by atoms with Crippen LogP contribution < -0.4 is 0 Å². The molecule has 14 heavy (non-hydrogen) atoms. The van der Waals surface area contributed by atoms with Crippen LogP contribution in [-0.4, -0.2) is 0 Å². The Hall–Kier alpha value is -0.980. The Balaban J connectivity index is 1.93. The van der Waals surface area contributed by atoms with Crippen molar-refractivity contribution in [1.82, 2.24) is 0 Å². The van der Waals surface area contributed by atoms with Crippen LogP contribution in [0.1, 0.15) is 39.0 Å². The molecule has 0 fully saturated rings. The molecule has 0 amide bonds. The van der Waals surface area contributed by atoms with Gasteiger partial charge in [0, 0.05) is 12.8 Å². The maximum atomic E-state index is 5.87. The molecule has 0 radical (unpaired) electrons. The molecular formula is C13H18O. The van der Waals surface area contributed by atoms with Gasteiger partial charge in [0.1, 0.15) is 5.76 Å². The molecule has 2 rings (SSSR count). The molecule has 0 heterocycles. The van der Waals surface area contributed by atoms with Crippen molar-refractivity contribution in [3.63, 3.8) is 0 Å². The number of hydrogen-bond acceptors (Lipinski definition) is 1. The van der Waals surface area contributed by atoms with Crippen molar-refractivity contribution in [2.75, 3.05) is 0 Å². The van der Waals surface area contributed by atoms with E-state index < -0.39 is 0 Å². The highest BCUT2D eigenvalue weighted by Gasteiger charge is 2.11. The van der Waals surface area contributed by atoms with Crippen LogP contribution in [0.4, 0.5) is 0 Å². The van der Waals surface area contributed by atoms with Gasteiger partial charge in [-0.25, -0.2) is 0 Å². The summed E-state index contributed by atoms with van der Waals surface area (Å²) in [6.07, 6.45) is 14.6. The van der Waals surface area contributed by atoms with Gasteiger partial charge >= 0.3 is 0 Å². The molecule has 2 aliphatic rings. The van der Waals surface area contributed by atoms with Crippen LogP contribution in [0.3, 0.4) is 0 Å². The minimum Gasteiger partial charge on any atom is -0.466 e. The Kier molecular flexibility index (Phi) is 3.07. The van der Waals surface area contributed by atoms with Crippen LogP contribution in [0.25, 0.3) is 0 Å². The molecule has 2 aliphatic carbocycles. The fourth-order valence-electron chi connectivity index (χ4n) is 1.95. The fraction of sp³-hybridized carbons (Fsp3) is 0.538. The van der Waals surface area contributed by atoms with E-state index in [-0.39, 0.29) is 0 Å². The van der Waals surface area contributed by atoms with Gasteiger partial charge in [0.2, 0.25) is 0 Å². The van der Waals surface area contributed by atoms with Crippen LogP contribution in [0.15, 0.2) is 35.8 Å². The highest BCUT2D eigenvalue weighted by molar-refractivity contribution is 5.17. The predicted octanol–water partition coefficient (Wildman–Crippen LogP) is 3.94. The molecule has 0 aromatic rings. The van der Waals surface area contributed by atoms with Crippen LogP contribution in [0.5, 0.6) is 0 Å². The molecule has 1 unspecified atom stereocenters. The van der Waals surface area contributed by atoms with E-state index in [0.29, 0.717) is 5.92 Å². The summed E-state index contributed by atoms with van der Waals surface area (Å²) in [7, 11) is 0. The van der Waals surface area contributed by atoms with E-state index in [2.05, 4.69) is 31.2 Å². The van der Waals surface area contributed by atoms with Crippen molar-refractivity contribution in [2.45, 2.75) is 39.0 Å². The van der Waals surface area contributed by atoms with Gasteiger partial charge in [-0.1, -0.05) is 19.1 Å². The second-order valence-electron chi connectivity index (χ2n) is 4.22. The fourth-order valence-corrected chi connectivity index (χ4v) is 1.95. The van der Waals surface area contributed by atoms with Crippen molar-refractivity contribution in [2.24, 2.45) is 5.92 Å². The molecule has 0 spiro atoms. The lowest BCUT2D eigenvalue weighted by Crippen LogP contribution is -2.03. The molecule has 1 heteroatoms. The zero-order valence-electron chi connectivity index (χ0n) is 8.83. The van der Waals surface area contributed by atoms with Gasteiger partial charge in [-0.3, -0.25) is 0 Å². The summed E-state index contributed by atoms with van der Waals surface area (Å²) < 4.78 is 5.87. The standard InChI is InChI=1S/C13H18O/c1-11-6-5-9-13(10-11)14-12-7-3-2-4-8-12/h5-7,9,11H,2-4,8,10H2,1H3. The first-order valence-electron chi connectivity index (χ1n) is 5.59. The van der Waals surface area contributed by atoms with Gasteiger partial charge < -0.3 is 4.74 Å². The third kappa shape index (κ3) is 2.50. The Bertz CT molecular complexity index is 284. The van der Waals surface area contributed by atoms with Crippen molar-refractivity contribution in [1.29, 1.82) is 0 Å². The van der Waals surface area contributed by atoms with Crippen LogP contribution in [0, 0.1) is 5.92 Å². The van der Waals surface area contributed by atoms with Gasteiger partial charge in [0.15, 0.2) is 0 Å². The molecule has 0 N–H and O–H groups in total. The summed E-state index contributed by atoms with van der Waals surface area (Å²) in [5.41, 5.74) is 0. The molecule has 0 aromatic carbocycles. The molecule has 0 aliphatic heterocycles. The first-order valence-corrected chi connectivity index (χ1v) is 5.59. The molecule has 76 valence electrons. The smallest absolute Gasteiger partial charge is 0.104 e. The molecule has 0 saturated heterocycles. The van der Waals surface area contributed by atoms with Gasteiger partial charge in [-0.15, -0.1) is 0 Å². The van der Waals surface area contributed by atoms with E-state index in [9.17, 15) is 0 Å². The number of hydrogen-bond donors (Lipinski definition) is 0. The molecule has 0 saturated carbocycles.